The molecule has 5 nitrogen and oxygen atoms in total. The van der Waals surface area contributed by atoms with E-state index in [2.05, 4.69) is 15.6 Å². The molecule has 2 heterocycles. The number of nitrogens with zero attached hydrogens (tertiary/aromatic N) is 2. The highest BCUT2D eigenvalue weighted by atomic mass is 16.1. The molecule has 0 aromatic carbocycles. The number of aromatic nitrogens is 2. The third kappa shape index (κ3) is 3.56. The van der Waals surface area contributed by atoms with Crippen molar-refractivity contribution in [1.82, 2.24) is 14.9 Å². The lowest BCUT2D eigenvalue weighted by molar-refractivity contribution is 0.380. The van der Waals surface area contributed by atoms with Gasteiger partial charge >= 0.3 is 0 Å². The topological polar surface area (TPSA) is 59.0 Å². The quantitative estimate of drug-likeness (QED) is 0.866. The van der Waals surface area contributed by atoms with Crippen LogP contribution in [0.2, 0.25) is 0 Å². The molecule has 1 aromatic rings. The monoisotopic (exact) mass is 264 g/mol. The third-order valence-corrected chi connectivity index (χ3v) is 3.52. The van der Waals surface area contributed by atoms with Crippen LogP contribution in [0.15, 0.2) is 17.2 Å². The zero-order valence-corrected chi connectivity index (χ0v) is 12.1. The van der Waals surface area contributed by atoms with Gasteiger partial charge in [0.1, 0.15) is 0 Å². The van der Waals surface area contributed by atoms with E-state index in [4.69, 9.17) is 0 Å². The van der Waals surface area contributed by atoms with Gasteiger partial charge in [-0.05, 0) is 52.6 Å². The maximum atomic E-state index is 12.3. The Morgan fingerprint density at radius 2 is 2.32 bits per heavy atom. The first-order chi connectivity index (χ1) is 8.98. The first-order valence-electron chi connectivity index (χ1n) is 7.01. The Morgan fingerprint density at radius 3 is 2.95 bits per heavy atom. The first-order valence-corrected chi connectivity index (χ1v) is 7.01. The Bertz CT molecular complexity index is 469. The number of nitrogens with one attached hydrogen (secondary N) is 2. The van der Waals surface area contributed by atoms with Crippen molar-refractivity contribution in [2.75, 3.05) is 25.0 Å². The van der Waals surface area contributed by atoms with Crippen molar-refractivity contribution in [3.8, 4) is 0 Å². The van der Waals surface area contributed by atoms with Crippen LogP contribution in [0, 0.1) is 5.92 Å². The van der Waals surface area contributed by atoms with E-state index in [1.807, 2.05) is 20.8 Å². The van der Waals surface area contributed by atoms with E-state index >= 15 is 0 Å². The number of rotatable bonds is 3. The molecule has 2 rings (SSSR count). The predicted molar refractivity (Wildman–Crippen MR) is 77.6 cm³/mol. The Kier molecular flexibility index (Phi) is 4.24. The molecular formula is C14H24N4O. The fraction of sp³-hybridized carbons (Fsp3) is 0.714. The molecule has 5 heteroatoms. The van der Waals surface area contributed by atoms with E-state index < -0.39 is 0 Å². The number of hydrogen-bond acceptors (Lipinski definition) is 4. The Hall–Kier alpha value is -1.36. The summed E-state index contributed by atoms with van der Waals surface area (Å²) >= 11 is 0. The molecular weight excluding hydrogens is 240 g/mol. The summed E-state index contributed by atoms with van der Waals surface area (Å²) in [5.41, 5.74) is -0.262. The van der Waals surface area contributed by atoms with Crippen LogP contribution in [0.25, 0.3) is 0 Å². The van der Waals surface area contributed by atoms with Gasteiger partial charge < -0.3 is 15.2 Å². The molecule has 0 aliphatic carbocycles. The summed E-state index contributed by atoms with van der Waals surface area (Å²) < 4.78 is 1.72. The molecule has 1 aliphatic heterocycles. The van der Waals surface area contributed by atoms with E-state index in [-0.39, 0.29) is 11.1 Å². The molecule has 1 aliphatic rings. The molecule has 19 heavy (non-hydrogen) atoms. The van der Waals surface area contributed by atoms with Gasteiger partial charge in [-0.25, -0.2) is 4.98 Å². The fourth-order valence-corrected chi connectivity index (χ4v) is 2.40. The van der Waals surface area contributed by atoms with Crippen LogP contribution in [0.1, 0.15) is 33.6 Å². The molecule has 2 N–H and O–H groups in total. The van der Waals surface area contributed by atoms with E-state index in [0.717, 1.165) is 19.6 Å². The van der Waals surface area contributed by atoms with Crippen LogP contribution in [0.4, 0.5) is 5.82 Å². The summed E-state index contributed by atoms with van der Waals surface area (Å²) in [6, 6.07) is 0. The van der Waals surface area contributed by atoms with Gasteiger partial charge in [0.2, 0.25) is 0 Å². The van der Waals surface area contributed by atoms with Crippen molar-refractivity contribution in [1.29, 1.82) is 0 Å². The number of hydrogen-bond donors (Lipinski definition) is 2. The zero-order chi connectivity index (χ0) is 13.9. The van der Waals surface area contributed by atoms with Gasteiger partial charge in [0.15, 0.2) is 5.82 Å². The molecule has 1 aromatic heterocycles. The van der Waals surface area contributed by atoms with Crippen molar-refractivity contribution < 1.29 is 0 Å². The Balaban J connectivity index is 2.06. The second-order valence-electron chi connectivity index (χ2n) is 6.22. The molecule has 106 valence electrons. The second-order valence-corrected chi connectivity index (χ2v) is 6.22. The summed E-state index contributed by atoms with van der Waals surface area (Å²) in [5, 5.41) is 6.59. The highest BCUT2D eigenvalue weighted by molar-refractivity contribution is 5.31. The molecule has 1 unspecified atom stereocenters. The van der Waals surface area contributed by atoms with Gasteiger partial charge in [0.05, 0.1) is 0 Å². The van der Waals surface area contributed by atoms with Gasteiger partial charge in [0.25, 0.3) is 5.56 Å². The van der Waals surface area contributed by atoms with Crippen LogP contribution in [-0.4, -0.2) is 29.2 Å². The number of anilines is 1. The van der Waals surface area contributed by atoms with Crippen LogP contribution in [-0.2, 0) is 5.54 Å². The maximum absolute atomic E-state index is 12.3. The van der Waals surface area contributed by atoms with Crippen LogP contribution >= 0.6 is 0 Å². The largest absolute Gasteiger partial charge is 0.365 e. The summed E-state index contributed by atoms with van der Waals surface area (Å²) in [5.74, 6) is 1.04. The third-order valence-electron chi connectivity index (χ3n) is 3.52. The minimum absolute atomic E-state index is 0.0428. The molecule has 0 amide bonds. The highest BCUT2D eigenvalue weighted by Gasteiger charge is 2.18. The highest BCUT2D eigenvalue weighted by Crippen LogP contribution is 2.12. The van der Waals surface area contributed by atoms with Crippen molar-refractivity contribution in [3.05, 3.63) is 22.7 Å². The summed E-state index contributed by atoms with van der Waals surface area (Å²) in [6.45, 7) is 8.99. The maximum Gasteiger partial charge on any atom is 0.293 e. The molecule has 0 spiro atoms. The molecule has 0 radical (unpaired) electrons. The summed E-state index contributed by atoms with van der Waals surface area (Å²) in [4.78, 5) is 16.5. The average Bonchev–Trinajstić information content (AvgIpc) is 2.37. The van der Waals surface area contributed by atoms with Crippen LogP contribution in [0.3, 0.4) is 0 Å². The van der Waals surface area contributed by atoms with Crippen molar-refractivity contribution >= 4 is 5.82 Å². The van der Waals surface area contributed by atoms with Crippen molar-refractivity contribution in [2.24, 2.45) is 5.92 Å². The molecule has 1 atom stereocenters. The summed E-state index contributed by atoms with van der Waals surface area (Å²) in [6.07, 6.45) is 5.85. The van der Waals surface area contributed by atoms with Gasteiger partial charge in [0, 0.05) is 24.5 Å². The van der Waals surface area contributed by atoms with Crippen molar-refractivity contribution in [3.63, 3.8) is 0 Å². The lowest BCUT2D eigenvalue weighted by Gasteiger charge is -2.24. The van der Waals surface area contributed by atoms with Gasteiger partial charge in [-0.15, -0.1) is 0 Å². The summed E-state index contributed by atoms with van der Waals surface area (Å²) in [7, 11) is 0. The molecule has 1 fully saturated rings. The zero-order valence-electron chi connectivity index (χ0n) is 12.1. The predicted octanol–water partition coefficient (Wildman–Crippen LogP) is 1.41. The molecule has 0 saturated carbocycles. The minimum Gasteiger partial charge on any atom is -0.365 e. The van der Waals surface area contributed by atoms with Gasteiger partial charge in [-0.1, -0.05) is 0 Å². The standard InChI is InChI=1S/C14H24N4O/c1-14(2,3)18-8-7-16-12(13(18)19)17-10-11-5-4-6-15-9-11/h7-8,11,15H,4-6,9-10H2,1-3H3,(H,16,17). The SMILES string of the molecule is CC(C)(C)n1ccnc(NCC2CCCNC2)c1=O. The normalized spacial score (nSPS) is 20.3. The Labute approximate surface area is 114 Å². The van der Waals surface area contributed by atoms with Crippen LogP contribution in [0.5, 0.6) is 0 Å². The lowest BCUT2D eigenvalue weighted by Crippen LogP contribution is -2.37. The van der Waals surface area contributed by atoms with E-state index in [1.54, 1.807) is 17.0 Å². The number of piperidine rings is 1. The molecule has 0 bridgehead atoms. The van der Waals surface area contributed by atoms with Crippen LogP contribution < -0.4 is 16.2 Å². The minimum atomic E-state index is -0.219. The van der Waals surface area contributed by atoms with E-state index in [1.165, 1.54) is 12.8 Å². The van der Waals surface area contributed by atoms with Crippen molar-refractivity contribution in [2.45, 2.75) is 39.2 Å². The average molecular weight is 264 g/mol. The smallest absolute Gasteiger partial charge is 0.293 e. The van der Waals surface area contributed by atoms with Gasteiger partial charge in [-0.3, -0.25) is 4.79 Å². The fourth-order valence-electron chi connectivity index (χ4n) is 2.40. The second kappa shape index (κ2) is 5.74. The first kappa shape index (κ1) is 14.1. The van der Waals surface area contributed by atoms with Gasteiger partial charge in [-0.2, -0.15) is 0 Å². The van der Waals surface area contributed by atoms with E-state index in [9.17, 15) is 4.79 Å². The Morgan fingerprint density at radius 1 is 1.53 bits per heavy atom. The molecule has 1 saturated heterocycles. The lowest BCUT2D eigenvalue weighted by atomic mass is 10.00. The van der Waals surface area contributed by atoms with E-state index in [0.29, 0.717) is 11.7 Å².